The number of rotatable bonds is 5. The highest BCUT2D eigenvalue weighted by Crippen LogP contribution is 2.15. The average molecular weight is 223 g/mol. The van der Waals surface area contributed by atoms with Gasteiger partial charge in [0, 0.05) is 5.56 Å². The minimum absolute atomic E-state index is 0.0964. The zero-order valence-electron chi connectivity index (χ0n) is 8.84. The van der Waals surface area contributed by atoms with Crippen LogP contribution in [0.4, 0.5) is 0 Å². The molecule has 0 aliphatic carbocycles. The molecule has 0 saturated heterocycles. The van der Waals surface area contributed by atoms with Crippen LogP contribution in [0.15, 0.2) is 24.3 Å². The van der Waals surface area contributed by atoms with Crippen molar-refractivity contribution in [1.29, 1.82) is 0 Å². The molecule has 1 rings (SSSR count). The normalized spacial score (nSPS) is 11.8. The molecule has 0 heterocycles. The fourth-order valence-electron chi connectivity index (χ4n) is 1.24. The third kappa shape index (κ3) is 3.61. The number of benzene rings is 1. The van der Waals surface area contributed by atoms with Gasteiger partial charge in [-0.2, -0.15) is 0 Å². The number of carboxylic acid groups (broad SMARTS) is 1. The lowest BCUT2D eigenvalue weighted by Crippen LogP contribution is -2.17. The third-order valence-electron chi connectivity index (χ3n) is 1.92. The molecule has 0 aromatic heterocycles. The van der Waals surface area contributed by atoms with Gasteiger partial charge in [-0.15, -0.1) is 0 Å². The van der Waals surface area contributed by atoms with Gasteiger partial charge in [-0.25, -0.2) is 0 Å². The van der Waals surface area contributed by atoms with Crippen LogP contribution in [-0.4, -0.2) is 23.1 Å². The van der Waals surface area contributed by atoms with E-state index in [1.807, 2.05) is 0 Å². The van der Waals surface area contributed by atoms with Crippen molar-refractivity contribution in [3.63, 3.8) is 0 Å². The molecule has 5 heteroatoms. The number of primary amides is 1. The Kier molecular flexibility index (Phi) is 3.88. The second-order valence-corrected chi connectivity index (χ2v) is 3.42. The first-order valence-corrected chi connectivity index (χ1v) is 4.77. The zero-order chi connectivity index (χ0) is 12.1. The maximum absolute atomic E-state index is 10.9. The van der Waals surface area contributed by atoms with Crippen LogP contribution in [0.1, 0.15) is 23.7 Å². The van der Waals surface area contributed by atoms with Crippen molar-refractivity contribution >= 4 is 11.9 Å². The van der Waals surface area contributed by atoms with Gasteiger partial charge in [0.05, 0.1) is 6.42 Å². The number of ether oxygens (including phenoxy) is 1. The van der Waals surface area contributed by atoms with Crippen LogP contribution < -0.4 is 10.5 Å². The largest absolute Gasteiger partial charge is 0.490 e. The summed E-state index contributed by atoms with van der Waals surface area (Å²) in [5.74, 6) is -1.04. The average Bonchev–Trinajstić information content (AvgIpc) is 2.16. The fraction of sp³-hybridized carbons (Fsp3) is 0.273. The van der Waals surface area contributed by atoms with E-state index in [-0.39, 0.29) is 6.42 Å². The molecule has 0 bridgehead atoms. The third-order valence-corrected chi connectivity index (χ3v) is 1.92. The standard InChI is InChI=1S/C11H13NO4/c1-7(5-10(13)14)16-9-4-2-3-8(6-9)11(12)15/h2-4,6-7H,5H2,1H3,(H2,12,15)(H,13,14)/t7-/m0/s1. The lowest BCUT2D eigenvalue weighted by Gasteiger charge is -2.12. The highest BCUT2D eigenvalue weighted by atomic mass is 16.5. The molecule has 3 N–H and O–H groups in total. The van der Waals surface area contributed by atoms with Crippen molar-refractivity contribution in [2.45, 2.75) is 19.4 Å². The summed E-state index contributed by atoms with van der Waals surface area (Å²) in [6.07, 6.45) is -0.554. The lowest BCUT2D eigenvalue weighted by atomic mass is 10.2. The number of aliphatic carboxylic acids is 1. The Balaban J connectivity index is 2.70. The highest BCUT2D eigenvalue weighted by Gasteiger charge is 2.10. The van der Waals surface area contributed by atoms with E-state index in [2.05, 4.69) is 0 Å². The first-order valence-electron chi connectivity index (χ1n) is 4.77. The van der Waals surface area contributed by atoms with E-state index < -0.39 is 18.0 Å². The first-order chi connectivity index (χ1) is 7.49. The minimum atomic E-state index is -0.932. The van der Waals surface area contributed by atoms with E-state index in [4.69, 9.17) is 15.6 Å². The molecule has 0 saturated carbocycles. The smallest absolute Gasteiger partial charge is 0.307 e. The van der Waals surface area contributed by atoms with Gasteiger partial charge in [-0.1, -0.05) is 6.07 Å². The maximum atomic E-state index is 10.9. The molecule has 0 radical (unpaired) electrons. The van der Waals surface area contributed by atoms with E-state index in [1.54, 1.807) is 25.1 Å². The van der Waals surface area contributed by atoms with Gasteiger partial charge in [0.25, 0.3) is 0 Å². The van der Waals surface area contributed by atoms with Crippen molar-refractivity contribution in [3.05, 3.63) is 29.8 Å². The van der Waals surface area contributed by atoms with Crippen LogP contribution in [0.3, 0.4) is 0 Å². The molecule has 1 amide bonds. The van der Waals surface area contributed by atoms with E-state index in [0.29, 0.717) is 11.3 Å². The summed E-state index contributed by atoms with van der Waals surface area (Å²) >= 11 is 0. The SMILES string of the molecule is C[C@@H](CC(=O)O)Oc1cccc(C(N)=O)c1. The molecule has 0 fully saturated rings. The number of nitrogens with two attached hydrogens (primary N) is 1. The lowest BCUT2D eigenvalue weighted by molar-refractivity contribution is -0.138. The number of hydrogen-bond donors (Lipinski definition) is 2. The van der Waals surface area contributed by atoms with E-state index in [9.17, 15) is 9.59 Å². The van der Waals surface area contributed by atoms with Crippen LogP contribution in [0, 0.1) is 0 Å². The van der Waals surface area contributed by atoms with Crippen molar-refractivity contribution in [1.82, 2.24) is 0 Å². The van der Waals surface area contributed by atoms with Crippen molar-refractivity contribution in [3.8, 4) is 5.75 Å². The Labute approximate surface area is 92.8 Å². The highest BCUT2D eigenvalue weighted by molar-refractivity contribution is 5.93. The predicted octanol–water partition coefficient (Wildman–Crippen LogP) is 1.03. The van der Waals surface area contributed by atoms with Gasteiger partial charge in [0.1, 0.15) is 11.9 Å². The van der Waals surface area contributed by atoms with Gasteiger partial charge in [-0.05, 0) is 25.1 Å². The number of carbonyl (C=O) groups excluding carboxylic acids is 1. The van der Waals surface area contributed by atoms with Gasteiger partial charge >= 0.3 is 5.97 Å². The molecule has 0 aliphatic rings. The zero-order valence-corrected chi connectivity index (χ0v) is 8.84. The summed E-state index contributed by atoms with van der Waals surface area (Å²) in [6, 6.07) is 6.32. The Morgan fingerprint density at radius 3 is 2.75 bits per heavy atom. The molecule has 1 atom stereocenters. The number of carbonyl (C=O) groups is 2. The van der Waals surface area contributed by atoms with Crippen LogP contribution in [-0.2, 0) is 4.79 Å². The summed E-state index contributed by atoms with van der Waals surface area (Å²) in [4.78, 5) is 21.3. The summed E-state index contributed by atoms with van der Waals surface area (Å²) in [7, 11) is 0. The van der Waals surface area contributed by atoms with Gasteiger partial charge in [0.15, 0.2) is 0 Å². The van der Waals surface area contributed by atoms with Crippen molar-refractivity contribution < 1.29 is 19.4 Å². The quantitative estimate of drug-likeness (QED) is 0.780. The van der Waals surface area contributed by atoms with Crippen molar-refractivity contribution in [2.75, 3.05) is 0 Å². The molecule has 86 valence electrons. The summed E-state index contributed by atoms with van der Waals surface area (Å²) in [5, 5.41) is 8.55. The topological polar surface area (TPSA) is 89.6 Å². The Morgan fingerprint density at radius 2 is 2.19 bits per heavy atom. The Bertz CT molecular complexity index is 403. The Morgan fingerprint density at radius 1 is 1.50 bits per heavy atom. The Hall–Kier alpha value is -2.04. The summed E-state index contributed by atoms with van der Waals surface area (Å²) in [6.45, 7) is 1.64. The second-order valence-electron chi connectivity index (χ2n) is 3.42. The molecule has 16 heavy (non-hydrogen) atoms. The van der Waals surface area contributed by atoms with Crippen LogP contribution in [0.25, 0.3) is 0 Å². The molecule has 0 aliphatic heterocycles. The first kappa shape index (κ1) is 12.0. The summed E-state index contributed by atoms with van der Waals surface area (Å²) < 4.78 is 5.33. The molecule has 1 aromatic rings. The predicted molar refractivity (Wildman–Crippen MR) is 57.3 cm³/mol. The minimum Gasteiger partial charge on any atom is -0.490 e. The van der Waals surface area contributed by atoms with E-state index in [0.717, 1.165) is 0 Å². The second kappa shape index (κ2) is 5.16. The molecular formula is C11H13NO4. The van der Waals surface area contributed by atoms with Gasteiger partial charge in [-0.3, -0.25) is 9.59 Å². The number of amides is 1. The van der Waals surface area contributed by atoms with E-state index >= 15 is 0 Å². The van der Waals surface area contributed by atoms with Crippen molar-refractivity contribution in [2.24, 2.45) is 5.73 Å². The molecule has 0 unspecified atom stereocenters. The molecular weight excluding hydrogens is 210 g/mol. The van der Waals surface area contributed by atoms with Crippen LogP contribution >= 0.6 is 0 Å². The maximum Gasteiger partial charge on any atom is 0.307 e. The molecule has 0 spiro atoms. The molecule has 5 nitrogen and oxygen atoms in total. The number of carboxylic acids is 1. The molecule has 1 aromatic carbocycles. The van der Waals surface area contributed by atoms with Crippen LogP contribution in [0.5, 0.6) is 5.75 Å². The van der Waals surface area contributed by atoms with E-state index in [1.165, 1.54) is 6.07 Å². The van der Waals surface area contributed by atoms with Gasteiger partial charge < -0.3 is 15.6 Å². The van der Waals surface area contributed by atoms with Crippen LogP contribution in [0.2, 0.25) is 0 Å². The number of hydrogen-bond acceptors (Lipinski definition) is 3. The van der Waals surface area contributed by atoms with Gasteiger partial charge in [0.2, 0.25) is 5.91 Å². The fourth-order valence-corrected chi connectivity index (χ4v) is 1.24. The monoisotopic (exact) mass is 223 g/mol. The summed E-state index contributed by atoms with van der Waals surface area (Å²) in [5.41, 5.74) is 5.44.